The van der Waals surface area contributed by atoms with E-state index in [2.05, 4.69) is 20.1 Å². The minimum atomic E-state index is -0.856. The van der Waals surface area contributed by atoms with Crippen LogP contribution < -0.4 is 4.90 Å². The Kier molecular flexibility index (Phi) is 2.51. The molecule has 1 amide bonds. The molecule has 1 saturated heterocycles. The van der Waals surface area contributed by atoms with Gasteiger partial charge in [0.1, 0.15) is 0 Å². The van der Waals surface area contributed by atoms with Gasteiger partial charge in [-0.1, -0.05) is 0 Å². The fourth-order valence-corrected chi connectivity index (χ4v) is 2.20. The third-order valence-corrected chi connectivity index (χ3v) is 3.19. The average Bonchev–Trinajstić information content (AvgIpc) is 2.82. The van der Waals surface area contributed by atoms with Crippen molar-refractivity contribution in [2.24, 2.45) is 0 Å². The molecule has 0 unspecified atom stereocenters. The number of hydrogen-bond donors (Lipinski definition) is 2. The fourth-order valence-electron chi connectivity index (χ4n) is 2.20. The summed E-state index contributed by atoms with van der Waals surface area (Å²) in [6, 6.07) is 1.91. The van der Waals surface area contributed by atoms with E-state index in [1.165, 1.54) is 4.90 Å². The molecule has 0 radical (unpaired) electrons. The summed E-state index contributed by atoms with van der Waals surface area (Å²) in [6.45, 7) is 2.34. The Morgan fingerprint density at radius 1 is 1.33 bits per heavy atom. The third-order valence-electron chi connectivity index (χ3n) is 3.19. The molecule has 0 bridgehead atoms. The molecule has 0 aromatic carbocycles. The van der Waals surface area contributed by atoms with Gasteiger partial charge >= 0.3 is 6.09 Å². The standard InChI is InChI=1S/C11H13N5O2/c17-11(18)16-5-3-15(4-6-16)10-8-1-2-12-7-9(8)13-14-10/h1-2,7H,3-6H2,(H,13,14)(H,17,18). The Balaban J connectivity index is 1.82. The molecule has 7 nitrogen and oxygen atoms in total. The molecule has 1 fully saturated rings. The van der Waals surface area contributed by atoms with Crippen LogP contribution >= 0.6 is 0 Å². The van der Waals surface area contributed by atoms with E-state index in [0.717, 1.165) is 16.7 Å². The first-order chi connectivity index (χ1) is 8.75. The van der Waals surface area contributed by atoms with Gasteiger partial charge in [-0.25, -0.2) is 4.79 Å². The Morgan fingerprint density at radius 2 is 2.11 bits per heavy atom. The molecule has 0 aliphatic carbocycles. The van der Waals surface area contributed by atoms with Crippen LogP contribution in [0.3, 0.4) is 0 Å². The van der Waals surface area contributed by atoms with E-state index in [1.54, 1.807) is 12.4 Å². The zero-order chi connectivity index (χ0) is 12.5. The van der Waals surface area contributed by atoms with Gasteiger partial charge in [-0.15, -0.1) is 0 Å². The smallest absolute Gasteiger partial charge is 0.407 e. The summed E-state index contributed by atoms with van der Waals surface area (Å²) in [7, 11) is 0. The van der Waals surface area contributed by atoms with E-state index in [0.29, 0.717) is 26.2 Å². The zero-order valence-corrected chi connectivity index (χ0v) is 9.70. The second kappa shape index (κ2) is 4.17. The average molecular weight is 247 g/mol. The minimum Gasteiger partial charge on any atom is -0.465 e. The first-order valence-electron chi connectivity index (χ1n) is 5.76. The summed E-state index contributed by atoms with van der Waals surface area (Å²) in [5.41, 5.74) is 0.896. The van der Waals surface area contributed by atoms with E-state index in [4.69, 9.17) is 5.11 Å². The predicted octanol–water partition coefficient (Wildman–Crippen LogP) is 0.758. The monoisotopic (exact) mass is 247 g/mol. The largest absolute Gasteiger partial charge is 0.465 e. The molecule has 0 spiro atoms. The van der Waals surface area contributed by atoms with Gasteiger partial charge in [0.2, 0.25) is 0 Å². The van der Waals surface area contributed by atoms with Crippen LogP contribution in [0.1, 0.15) is 0 Å². The van der Waals surface area contributed by atoms with Gasteiger partial charge in [-0.3, -0.25) is 10.1 Å². The second-order valence-corrected chi connectivity index (χ2v) is 4.23. The highest BCUT2D eigenvalue weighted by Crippen LogP contribution is 2.23. The van der Waals surface area contributed by atoms with Gasteiger partial charge < -0.3 is 14.9 Å². The highest BCUT2D eigenvalue weighted by atomic mass is 16.4. The lowest BCUT2D eigenvalue weighted by Crippen LogP contribution is -2.48. The number of fused-ring (bicyclic) bond motifs is 1. The highest BCUT2D eigenvalue weighted by Gasteiger charge is 2.22. The molecule has 2 aromatic rings. The van der Waals surface area contributed by atoms with Crippen molar-refractivity contribution in [2.75, 3.05) is 31.1 Å². The second-order valence-electron chi connectivity index (χ2n) is 4.23. The molecule has 1 aliphatic rings. The number of rotatable bonds is 1. The van der Waals surface area contributed by atoms with E-state index in [1.807, 2.05) is 6.07 Å². The highest BCUT2D eigenvalue weighted by molar-refractivity contribution is 5.89. The number of amides is 1. The zero-order valence-electron chi connectivity index (χ0n) is 9.70. The van der Waals surface area contributed by atoms with Crippen molar-refractivity contribution in [3.05, 3.63) is 18.5 Å². The molecular formula is C11H13N5O2. The SMILES string of the molecule is O=C(O)N1CCN(c2n[nH]c3cnccc23)CC1. The lowest BCUT2D eigenvalue weighted by atomic mass is 10.2. The van der Waals surface area contributed by atoms with Gasteiger partial charge in [-0.2, -0.15) is 5.10 Å². The normalized spacial score (nSPS) is 16.2. The van der Waals surface area contributed by atoms with Crippen molar-refractivity contribution in [3.63, 3.8) is 0 Å². The van der Waals surface area contributed by atoms with Gasteiger partial charge in [0.15, 0.2) is 5.82 Å². The molecule has 0 saturated carbocycles. The van der Waals surface area contributed by atoms with Crippen molar-refractivity contribution in [1.82, 2.24) is 20.1 Å². The Morgan fingerprint density at radius 3 is 2.83 bits per heavy atom. The number of carboxylic acid groups (broad SMARTS) is 1. The molecule has 7 heteroatoms. The van der Waals surface area contributed by atoms with Crippen LogP contribution in [-0.2, 0) is 0 Å². The number of carbonyl (C=O) groups is 1. The van der Waals surface area contributed by atoms with Crippen LogP contribution in [0, 0.1) is 0 Å². The van der Waals surface area contributed by atoms with Gasteiger partial charge in [0.05, 0.1) is 11.7 Å². The first kappa shape index (κ1) is 10.8. The molecule has 0 atom stereocenters. The number of hydrogen-bond acceptors (Lipinski definition) is 4. The minimum absolute atomic E-state index is 0.509. The maximum Gasteiger partial charge on any atom is 0.407 e. The summed E-state index contributed by atoms with van der Waals surface area (Å²) in [4.78, 5) is 18.4. The van der Waals surface area contributed by atoms with E-state index in [9.17, 15) is 4.79 Å². The van der Waals surface area contributed by atoms with Gasteiger partial charge in [0.25, 0.3) is 0 Å². The summed E-state index contributed by atoms with van der Waals surface area (Å²) in [5.74, 6) is 0.873. The van der Waals surface area contributed by atoms with Gasteiger partial charge in [-0.05, 0) is 6.07 Å². The van der Waals surface area contributed by atoms with Crippen molar-refractivity contribution >= 4 is 22.8 Å². The number of nitrogens with one attached hydrogen (secondary N) is 1. The molecule has 94 valence electrons. The Hall–Kier alpha value is -2.31. The first-order valence-corrected chi connectivity index (χ1v) is 5.76. The summed E-state index contributed by atoms with van der Waals surface area (Å²) in [6.07, 6.45) is 2.61. The Bertz CT molecular complexity index is 574. The number of anilines is 1. The van der Waals surface area contributed by atoms with Crippen molar-refractivity contribution in [3.8, 4) is 0 Å². The number of aromatic amines is 1. The molecule has 3 rings (SSSR count). The lowest BCUT2D eigenvalue weighted by molar-refractivity contribution is 0.142. The maximum absolute atomic E-state index is 10.8. The van der Waals surface area contributed by atoms with Crippen molar-refractivity contribution in [1.29, 1.82) is 0 Å². The molecule has 2 N–H and O–H groups in total. The van der Waals surface area contributed by atoms with Crippen LogP contribution in [0.2, 0.25) is 0 Å². The summed E-state index contributed by atoms with van der Waals surface area (Å²) < 4.78 is 0. The quantitative estimate of drug-likeness (QED) is 0.777. The topological polar surface area (TPSA) is 85.4 Å². The number of piperazine rings is 1. The lowest BCUT2D eigenvalue weighted by Gasteiger charge is -2.33. The summed E-state index contributed by atoms with van der Waals surface area (Å²) in [5, 5.41) is 17.1. The van der Waals surface area contributed by atoms with E-state index >= 15 is 0 Å². The summed E-state index contributed by atoms with van der Waals surface area (Å²) >= 11 is 0. The van der Waals surface area contributed by atoms with Gasteiger partial charge in [0, 0.05) is 37.8 Å². The number of pyridine rings is 1. The number of H-pyrrole nitrogens is 1. The van der Waals surface area contributed by atoms with E-state index < -0.39 is 6.09 Å². The molecule has 18 heavy (non-hydrogen) atoms. The fraction of sp³-hybridized carbons (Fsp3) is 0.364. The Labute approximate surface area is 103 Å². The van der Waals surface area contributed by atoms with Crippen LogP contribution in [-0.4, -0.2) is 57.5 Å². The van der Waals surface area contributed by atoms with Crippen LogP contribution in [0.4, 0.5) is 10.6 Å². The number of nitrogens with zero attached hydrogens (tertiary/aromatic N) is 4. The molecule has 3 heterocycles. The maximum atomic E-state index is 10.8. The molecular weight excluding hydrogens is 234 g/mol. The van der Waals surface area contributed by atoms with Crippen LogP contribution in [0.25, 0.3) is 10.9 Å². The van der Waals surface area contributed by atoms with Crippen molar-refractivity contribution in [2.45, 2.75) is 0 Å². The third kappa shape index (κ3) is 1.73. The van der Waals surface area contributed by atoms with E-state index in [-0.39, 0.29) is 0 Å². The number of aromatic nitrogens is 3. The van der Waals surface area contributed by atoms with Crippen LogP contribution in [0.5, 0.6) is 0 Å². The molecule has 1 aliphatic heterocycles. The molecule has 2 aromatic heterocycles. The predicted molar refractivity (Wildman–Crippen MR) is 65.7 cm³/mol. The van der Waals surface area contributed by atoms with Crippen molar-refractivity contribution < 1.29 is 9.90 Å². The van der Waals surface area contributed by atoms with Crippen LogP contribution in [0.15, 0.2) is 18.5 Å².